The van der Waals surface area contributed by atoms with Gasteiger partial charge in [-0.05, 0) is 57.2 Å². The Morgan fingerprint density at radius 2 is 1.85 bits per heavy atom. The quantitative estimate of drug-likeness (QED) is 0.199. The highest BCUT2D eigenvalue weighted by Gasteiger charge is 2.37. The van der Waals surface area contributed by atoms with Crippen LogP contribution in [0.4, 0.5) is 0 Å². The molecule has 1 aromatic carbocycles. The fraction of sp³-hybridized carbons (Fsp3) is 0.500. The van der Waals surface area contributed by atoms with Crippen LogP contribution in [0.5, 0.6) is 0 Å². The summed E-state index contributed by atoms with van der Waals surface area (Å²) in [6.07, 6.45) is 3.20. The predicted octanol–water partition coefficient (Wildman–Crippen LogP) is 3.89. The Bertz CT molecular complexity index is 1560. The maximum absolute atomic E-state index is 13.4. The molecule has 4 N–H and O–H groups in total. The van der Waals surface area contributed by atoms with E-state index in [1.807, 2.05) is 24.3 Å². The summed E-state index contributed by atoms with van der Waals surface area (Å²) in [6.45, 7) is 7.81. The van der Waals surface area contributed by atoms with Crippen molar-refractivity contribution in [1.82, 2.24) is 26.1 Å². The van der Waals surface area contributed by atoms with Crippen molar-refractivity contribution in [2.24, 2.45) is 11.3 Å². The third-order valence-corrected chi connectivity index (χ3v) is 7.89. The molecule has 1 saturated heterocycles. The number of aliphatic hydroxyl groups is 1. The minimum Gasteiger partial charge on any atom is -0.460 e. The summed E-state index contributed by atoms with van der Waals surface area (Å²) in [7, 11) is 0. The molecule has 0 saturated carbocycles. The van der Waals surface area contributed by atoms with E-state index in [9.17, 15) is 29.5 Å². The fourth-order valence-corrected chi connectivity index (χ4v) is 4.87. The van der Waals surface area contributed by atoms with Gasteiger partial charge in [0.1, 0.15) is 24.7 Å². The fourth-order valence-electron chi connectivity index (χ4n) is 4.71. The van der Waals surface area contributed by atoms with E-state index < -0.39 is 69.7 Å². The number of halogens is 3. The third-order valence-electron chi connectivity index (χ3n) is 7.56. The van der Waals surface area contributed by atoms with Crippen LogP contribution in [-0.2, 0) is 23.9 Å². The van der Waals surface area contributed by atoms with Gasteiger partial charge in [0.15, 0.2) is 5.41 Å². The second-order valence-electron chi connectivity index (χ2n) is 12.0. The summed E-state index contributed by atoms with van der Waals surface area (Å²) >= 11 is 16.9. The molecule has 5 atom stereocenters. The SMILES string of the molecule is CC(C)[C@H](NC(=O)C(C)(C#N)C=Cc1ccc2ccc([C@@H](C)O)nc2c1)C(=O)N[C@@H](C)C(=O)N1CCC[C@@H](C(=O)OCC(Cl)(Cl)Cl)N1. The molecule has 3 amide bonds. The predicted molar refractivity (Wildman–Crippen MR) is 179 cm³/mol. The Morgan fingerprint density at radius 1 is 1.17 bits per heavy atom. The number of nitrogens with one attached hydrogen (secondary N) is 3. The molecule has 2 aromatic rings. The van der Waals surface area contributed by atoms with Crippen LogP contribution in [0, 0.1) is 22.7 Å². The number of fused-ring (bicyclic) bond motifs is 1. The standard InChI is InChI=1S/C32H39Cl3N6O6/c1-18(2)26(27(43)37-19(3)28(44)41-14-6-7-24(40-41)29(45)47-17-32(33,34)35)39-30(46)31(5,16-36)13-12-21-8-9-22-10-11-23(20(4)42)38-25(22)15-21/h8-13,15,18-20,24,26,40,42H,6-7,14,17H2,1-5H3,(H,37,43)(H,39,46)/t19-,20+,24-,26-,31?/m0/s1. The minimum atomic E-state index is -1.78. The first-order valence-electron chi connectivity index (χ1n) is 15.1. The summed E-state index contributed by atoms with van der Waals surface area (Å²) in [5, 5.41) is 27.2. The molecule has 2 heterocycles. The van der Waals surface area contributed by atoms with Gasteiger partial charge >= 0.3 is 5.97 Å². The number of aromatic nitrogens is 1. The Labute approximate surface area is 288 Å². The monoisotopic (exact) mass is 708 g/mol. The Balaban J connectivity index is 1.66. The first-order valence-corrected chi connectivity index (χ1v) is 16.2. The van der Waals surface area contributed by atoms with Gasteiger partial charge in [-0.25, -0.2) is 5.43 Å². The van der Waals surface area contributed by atoms with Gasteiger partial charge in [0.05, 0.1) is 23.4 Å². The van der Waals surface area contributed by atoms with E-state index in [2.05, 4.69) is 21.0 Å². The number of carbonyl (C=O) groups excluding carboxylic acids is 4. The van der Waals surface area contributed by atoms with Crippen molar-refractivity contribution < 1.29 is 29.0 Å². The number of hydrogen-bond donors (Lipinski definition) is 4. The summed E-state index contributed by atoms with van der Waals surface area (Å²) in [6, 6.07) is 8.10. The number of pyridine rings is 1. The van der Waals surface area contributed by atoms with Crippen LogP contribution in [0.25, 0.3) is 17.0 Å². The molecule has 1 aliphatic rings. The first-order chi connectivity index (χ1) is 21.9. The number of nitriles is 1. The maximum Gasteiger partial charge on any atom is 0.325 e. The Kier molecular flexibility index (Phi) is 13.0. The molecule has 15 heteroatoms. The summed E-state index contributed by atoms with van der Waals surface area (Å²) in [4.78, 5) is 56.7. The van der Waals surface area contributed by atoms with Gasteiger partial charge in [0.2, 0.25) is 15.6 Å². The highest BCUT2D eigenvalue weighted by atomic mass is 35.6. The Morgan fingerprint density at radius 3 is 2.47 bits per heavy atom. The lowest BCUT2D eigenvalue weighted by Crippen LogP contribution is -2.61. The number of carbonyl (C=O) groups is 4. The van der Waals surface area contributed by atoms with Gasteiger partial charge in [0.25, 0.3) is 5.91 Å². The number of benzene rings is 1. The average Bonchev–Trinajstić information content (AvgIpc) is 3.03. The number of alkyl halides is 3. The van der Waals surface area contributed by atoms with Crippen molar-refractivity contribution in [3.8, 4) is 6.07 Å². The zero-order valence-corrected chi connectivity index (χ0v) is 29.0. The molecule has 1 fully saturated rings. The number of hydrogen-bond acceptors (Lipinski definition) is 9. The van der Waals surface area contributed by atoms with Gasteiger partial charge < -0.3 is 20.5 Å². The third kappa shape index (κ3) is 10.5. The molecule has 1 aromatic heterocycles. The zero-order chi connectivity index (χ0) is 35.1. The van der Waals surface area contributed by atoms with Gasteiger partial charge in [-0.2, -0.15) is 5.26 Å². The van der Waals surface area contributed by atoms with Crippen molar-refractivity contribution in [3.63, 3.8) is 0 Å². The molecule has 1 unspecified atom stereocenters. The molecule has 254 valence electrons. The molecule has 47 heavy (non-hydrogen) atoms. The van der Waals surface area contributed by atoms with Gasteiger partial charge in [0, 0.05) is 11.9 Å². The summed E-state index contributed by atoms with van der Waals surface area (Å²) < 4.78 is 3.24. The summed E-state index contributed by atoms with van der Waals surface area (Å²) in [5.41, 5.74) is 3.00. The van der Waals surface area contributed by atoms with Gasteiger partial charge in [-0.3, -0.25) is 29.2 Å². The van der Waals surface area contributed by atoms with Gasteiger partial charge in [-0.15, -0.1) is 0 Å². The summed E-state index contributed by atoms with van der Waals surface area (Å²) in [5.74, 6) is -2.92. The number of esters is 1. The van der Waals surface area contributed by atoms with Crippen LogP contribution in [0.2, 0.25) is 0 Å². The van der Waals surface area contributed by atoms with E-state index in [0.717, 1.165) is 5.39 Å². The molecular weight excluding hydrogens is 671 g/mol. The van der Waals surface area contributed by atoms with Crippen LogP contribution in [-0.4, -0.2) is 73.9 Å². The normalized spacial score (nSPS) is 18.6. The van der Waals surface area contributed by atoms with Crippen LogP contribution in [0.1, 0.15) is 64.8 Å². The lowest BCUT2D eigenvalue weighted by Gasteiger charge is -2.35. The topological polar surface area (TPSA) is 174 Å². The number of rotatable bonds is 11. The molecule has 0 aliphatic carbocycles. The zero-order valence-electron chi connectivity index (χ0n) is 26.7. The highest BCUT2D eigenvalue weighted by Crippen LogP contribution is 2.26. The molecule has 12 nitrogen and oxygen atoms in total. The number of ether oxygens (including phenoxy) is 1. The van der Waals surface area contributed by atoms with Crippen LogP contribution in [0.3, 0.4) is 0 Å². The van der Waals surface area contributed by atoms with Crippen LogP contribution in [0.15, 0.2) is 36.4 Å². The molecule has 0 radical (unpaired) electrons. The first kappa shape index (κ1) is 38.0. The largest absolute Gasteiger partial charge is 0.460 e. The second kappa shape index (κ2) is 16.1. The van der Waals surface area contributed by atoms with Crippen molar-refractivity contribution in [1.29, 1.82) is 5.26 Å². The van der Waals surface area contributed by atoms with Crippen molar-refractivity contribution >= 4 is 75.5 Å². The van der Waals surface area contributed by atoms with E-state index in [1.54, 1.807) is 39.0 Å². The second-order valence-corrected chi connectivity index (χ2v) is 14.5. The van der Waals surface area contributed by atoms with E-state index in [4.69, 9.17) is 39.5 Å². The van der Waals surface area contributed by atoms with Crippen molar-refractivity contribution in [2.45, 2.75) is 75.5 Å². The number of amides is 3. The highest BCUT2D eigenvalue weighted by molar-refractivity contribution is 6.67. The van der Waals surface area contributed by atoms with E-state index in [-0.39, 0.29) is 6.54 Å². The smallest absolute Gasteiger partial charge is 0.325 e. The number of nitrogens with zero attached hydrogens (tertiary/aromatic N) is 3. The van der Waals surface area contributed by atoms with Crippen LogP contribution >= 0.6 is 34.8 Å². The van der Waals surface area contributed by atoms with Crippen molar-refractivity contribution in [2.75, 3.05) is 13.2 Å². The lowest BCUT2D eigenvalue weighted by molar-refractivity contribution is -0.152. The molecule has 0 bridgehead atoms. The van der Waals surface area contributed by atoms with Gasteiger partial charge in [-0.1, -0.05) is 79.0 Å². The lowest BCUT2D eigenvalue weighted by atomic mass is 9.89. The van der Waals surface area contributed by atoms with E-state index in [1.165, 1.54) is 24.9 Å². The number of hydrazine groups is 1. The average molecular weight is 710 g/mol. The molecule has 0 spiro atoms. The van der Waals surface area contributed by atoms with Crippen LogP contribution < -0.4 is 16.1 Å². The molecule has 1 aliphatic heterocycles. The minimum absolute atomic E-state index is 0.277. The molecule has 3 rings (SSSR count). The maximum atomic E-state index is 13.4. The Hall–Kier alpha value is -3.47. The van der Waals surface area contributed by atoms with E-state index >= 15 is 0 Å². The number of aliphatic hydroxyl groups excluding tert-OH is 1. The molecular formula is C32H39Cl3N6O6. The van der Waals surface area contributed by atoms with Crippen molar-refractivity contribution in [3.05, 3.63) is 47.7 Å². The van der Waals surface area contributed by atoms with E-state index in [0.29, 0.717) is 29.6 Å².